The molecule has 1 aliphatic heterocycles. The standard InChI is InChI=1S/C39H74N4O9/c1-5-7-9-11-13-15-17-19-21-23-25-30(41-29(4)45)38(51)42-31(26-24-22-20-18-16-14-12-10-8-6-2)37(50)40-28(3)36(49)43-39-35(48)34(47)33(46)32(27-44)52-39/h28,30-35,39,44,46-48H,5-27H2,1-4H3,(H,40,50)(H,41,45)(H,42,51)(H,43,49)/t28?,30-,31-,32-,33-,34+,35-,39-/m1/s1. The van der Waals surface area contributed by atoms with E-state index in [9.17, 15) is 39.6 Å². The first-order valence-corrected chi connectivity index (χ1v) is 20.4. The SMILES string of the molecule is CCCCCCCCCCCC[C@@H](NC(C)=O)C(=O)N[C@H](CCCCCCCCCCCC)C(=O)NC(C)C(=O)N[C@@H]1O[C@H](CO)[C@@H](O)[C@H](O)[C@H]1O. The second-order valence-corrected chi connectivity index (χ2v) is 14.7. The number of unbranched alkanes of at least 4 members (excludes halogenated alkanes) is 18. The quantitative estimate of drug-likeness (QED) is 0.0500. The molecular weight excluding hydrogens is 668 g/mol. The van der Waals surface area contributed by atoms with Gasteiger partial charge < -0.3 is 46.4 Å². The Hall–Kier alpha value is -2.32. The van der Waals surface area contributed by atoms with Gasteiger partial charge in [0.05, 0.1) is 6.61 Å². The third kappa shape index (κ3) is 20.2. The predicted octanol–water partition coefficient (Wildman–Crippen LogP) is 4.02. The van der Waals surface area contributed by atoms with Crippen molar-refractivity contribution < 1.29 is 44.3 Å². The highest BCUT2D eigenvalue weighted by atomic mass is 16.6. The molecule has 8 atom stereocenters. The van der Waals surface area contributed by atoms with Gasteiger partial charge in [-0.2, -0.15) is 0 Å². The van der Waals surface area contributed by atoms with Gasteiger partial charge in [0.1, 0.15) is 42.5 Å². The van der Waals surface area contributed by atoms with E-state index in [2.05, 4.69) is 35.1 Å². The molecule has 0 radical (unpaired) electrons. The number of rotatable bonds is 30. The lowest BCUT2D eigenvalue weighted by molar-refractivity contribution is -0.236. The molecule has 1 heterocycles. The molecule has 1 unspecified atom stereocenters. The van der Waals surface area contributed by atoms with Gasteiger partial charge in [-0.15, -0.1) is 0 Å². The van der Waals surface area contributed by atoms with Crippen LogP contribution in [0.5, 0.6) is 0 Å². The summed E-state index contributed by atoms with van der Waals surface area (Å²) in [5.41, 5.74) is 0. The van der Waals surface area contributed by atoms with Gasteiger partial charge in [0.25, 0.3) is 0 Å². The van der Waals surface area contributed by atoms with Gasteiger partial charge in [0.2, 0.25) is 23.6 Å². The Bertz CT molecular complexity index is 985. The lowest BCUT2D eigenvalue weighted by Crippen LogP contribution is -2.64. The van der Waals surface area contributed by atoms with Crippen LogP contribution in [0.4, 0.5) is 0 Å². The Balaban J connectivity index is 2.80. The maximum atomic E-state index is 13.5. The molecule has 13 heteroatoms. The van der Waals surface area contributed by atoms with Crippen LogP contribution in [-0.2, 0) is 23.9 Å². The number of carbonyl (C=O) groups excluding carboxylic acids is 4. The molecule has 0 aromatic carbocycles. The minimum atomic E-state index is -1.67. The molecule has 0 bridgehead atoms. The number of aliphatic hydroxyl groups is 4. The molecule has 0 spiro atoms. The van der Waals surface area contributed by atoms with E-state index in [1.54, 1.807) is 0 Å². The second kappa shape index (κ2) is 29.1. The summed E-state index contributed by atoms with van der Waals surface area (Å²) in [5, 5.41) is 50.5. The number of nitrogens with one attached hydrogen (secondary N) is 4. The van der Waals surface area contributed by atoms with Gasteiger partial charge in [-0.25, -0.2) is 0 Å². The monoisotopic (exact) mass is 743 g/mol. The van der Waals surface area contributed by atoms with Crippen molar-refractivity contribution in [3.8, 4) is 0 Å². The third-order valence-electron chi connectivity index (χ3n) is 9.95. The minimum absolute atomic E-state index is 0.332. The number of aliphatic hydroxyl groups excluding tert-OH is 4. The van der Waals surface area contributed by atoms with Crippen LogP contribution in [0.3, 0.4) is 0 Å². The van der Waals surface area contributed by atoms with Gasteiger partial charge >= 0.3 is 0 Å². The highest BCUT2D eigenvalue weighted by Crippen LogP contribution is 2.20. The van der Waals surface area contributed by atoms with Gasteiger partial charge in [0, 0.05) is 6.92 Å². The van der Waals surface area contributed by atoms with Gasteiger partial charge in [-0.1, -0.05) is 142 Å². The molecule has 13 nitrogen and oxygen atoms in total. The molecule has 4 amide bonds. The lowest BCUT2D eigenvalue weighted by Gasteiger charge is -2.40. The Morgan fingerprint density at radius 3 is 1.38 bits per heavy atom. The molecule has 1 fully saturated rings. The fourth-order valence-corrected chi connectivity index (χ4v) is 6.59. The topological polar surface area (TPSA) is 207 Å². The maximum Gasteiger partial charge on any atom is 0.244 e. The molecule has 1 rings (SSSR count). The molecule has 0 aliphatic carbocycles. The predicted molar refractivity (Wildman–Crippen MR) is 202 cm³/mol. The smallest absolute Gasteiger partial charge is 0.244 e. The third-order valence-corrected chi connectivity index (χ3v) is 9.95. The molecule has 8 N–H and O–H groups in total. The molecule has 0 aromatic heterocycles. The summed E-state index contributed by atoms with van der Waals surface area (Å²) < 4.78 is 5.36. The van der Waals surface area contributed by atoms with Crippen molar-refractivity contribution in [2.45, 2.75) is 218 Å². The largest absolute Gasteiger partial charge is 0.394 e. The van der Waals surface area contributed by atoms with Crippen LogP contribution in [-0.4, -0.2) is 99.4 Å². The molecule has 52 heavy (non-hydrogen) atoms. The Kier molecular flexibility index (Phi) is 26.7. The summed E-state index contributed by atoms with van der Waals surface area (Å²) in [6, 6.07) is -2.86. The first-order valence-electron chi connectivity index (χ1n) is 20.4. The zero-order chi connectivity index (χ0) is 38.7. The van der Waals surface area contributed by atoms with Crippen molar-refractivity contribution in [1.82, 2.24) is 21.3 Å². The second-order valence-electron chi connectivity index (χ2n) is 14.7. The number of carbonyl (C=O) groups is 4. The zero-order valence-corrected chi connectivity index (χ0v) is 32.7. The van der Waals surface area contributed by atoms with E-state index in [0.717, 1.165) is 44.9 Å². The van der Waals surface area contributed by atoms with Crippen molar-refractivity contribution >= 4 is 23.6 Å². The van der Waals surface area contributed by atoms with E-state index in [-0.39, 0.29) is 5.91 Å². The number of ether oxygens (including phenoxy) is 1. The molecule has 0 saturated carbocycles. The average Bonchev–Trinajstić information content (AvgIpc) is 3.11. The fraction of sp³-hybridized carbons (Fsp3) is 0.897. The van der Waals surface area contributed by atoms with Gasteiger partial charge in [-0.3, -0.25) is 19.2 Å². The van der Waals surface area contributed by atoms with Crippen LogP contribution < -0.4 is 21.3 Å². The van der Waals surface area contributed by atoms with Crippen LogP contribution in [0.25, 0.3) is 0 Å². The highest BCUT2D eigenvalue weighted by Gasteiger charge is 2.44. The number of amides is 4. The Labute approximate surface area is 313 Å². The van der Waals surface area contributed by atoms with E-state index in [0.29, 0.717) is 19.3 Å². The maximum absolute atomic E-state index is 13.5. The van der Waals surface area contributed by atoms with Crippen LogP contribution >= 0.6 is 0 Å². The van der Waals surface area contributed by atoms with Crippen LogP contribution in [0, 0.1) is 0 Å². The molecule has 1 saturated heterocycles. The van der Waals surface area contributed by atoms with Crippen molar-refractivity contribution in [3.05, 3.63) is 0 Å². The minimum Gasteiger partial charge on any atom is -0.394 e. The summed E-state index contributed by atoms with van der Waals surface area (Å²) in [6.45, 7) is 6.56. The Morgan fingerprint density at radius 1 is 0.558 bits per heavy atom. The highest BCUT2D eigenvalue weighted by molar-refractivity contribution is 5.94. The molecule has 0 aromatic rings. The van der Waals surface area contributed by atoms with Crippen LogP contribution in [0.2, 0.25) is 0 Å². The molecule has 304 valence electrons. The van der Waals surface area contributed by atoms with E-state index in [1.165, 1.54) is 90.9 Å². The average molecular weight is 743 g/mol. The van der Waals surface area contributed by atoms with Gasteiger partial charge in [0.15, 0.2) is 6.23 Å². The van der Waals surface area contributed by atoms with Crippen LogP contribution in [0.1, 0.15) is 169 Å². The van der Waals surface area contributed by atoms with E-state index >= 15 is 0 Å². The first kappa shape index (κ1) is 47.7. The zero-order valence-electron chi connectivity index (χ0n) is 32.7. The van der Waals surface area contributed by atoms with Crippen molar-refractivity contribution in [2.24, 2.45) is 0 Å². The Morgan fingerprint density at radius 2 is 0.962 bits per heavy atom. The summed E-state index contributed by atoms with van der Waals surface area (Å²) in [4.78, 5) is 52.1. The number of hydrogen-bond donors (Lipinski definition) is 8. The van der Waals surface area contributed by atoms with Crippen molar-refractivity contribution in [3.63, 3.8) is 0 Å². The molecular formula is C39H74N4O9. The van der Waals surface area contributed by atoms with E-state index in [4.69, 9.17) is 4.74 Å². The summed E-state index contributed by atoms with van der Waals surface area (Å²) in [7, 11) is 0. The molecule has 1 aliphatic rings. The summed E-state index contributed by atoms with van der Waals surface area (Å²) in [5.74, 6) is -2.08. The van der Waals surface area contributed by atoms with Crippen molar-refractivity contribution in [1.29, 1.82) is 0 Å². The van der Waals surface area contributed by atoms with E-state index < -0.39 is 73.1 Å². The first-order chi connectivity index (χ1) is 25.0. The number of hydrogen-bond acceptors (Lipinski definition) is 9. The fourth-order valence-electron chi connectivity index (χ4n) is 6.59. The van der Waals surface area contributed by atoms with Gasteiger partial charge in [-0.05, 0) is 19.8 Å². The van der Waals surface area contributed by atoms with Crippen LogP contribution in [0.15, 0.2) is 0 Å². The van der Waals surface area contributed by atoms with E-state index in [1.807, 2.05) is 0 Å². The summed E-state index contributed by atoms with van der Waals surface area (Å²) in [6.07, 6.45) is 15.8. The lowest BCUT2D eigenvalue weighted by atomic mass is 9.98. The summed E-state index contributed by atoms with van der Waals surface area (Å²) >= 11 is 0. The van der Waals surface area contributed by atoms with Crippen molar-refractivity contribution in [2.75, 3.05) is 6.61 Å². The normalized spacial score (nSPS) is 21.9.